The molecular formula is C26H28N4O2S. The van der Waals surface area contributed by atoms with Gasteiger partial charge in [-0.3, -0.25) is 9.36 Å². The van der Waals surface area contributed by atoms with E-state index >= 15 is 0 Å². The highest BCUT2D eigenvalue weighted by Crippen LogP contribution is 2.36. The van der Waals surface area contributed by atoms with Crippen LogP contribution in [0.5, 0.6) is 0 Å². The first kappa shape index (κ1) is 22.7. The zero-order valence-electron chi connectivity index (χ0n) is 19.5. The van der Waals surface area contributed by atoms with Gasteiger partial charge in [-0.05, 0) is 46.5 Å². The highest BCUT2D eigenvalue weighted by atomic mass is 32.1. The van der Waals surface area contributed by atoms with Gasteiger partial charge in [0.25, 0.3) is 5.56 Å². The van der Waals surface area contributed by atoms with Crippen LogP contribution in [-0.2, 0) is 7.05 Å². The first-order valence-electron chi connectivity index (χ1n) is 11.0. The summed E-state index contributed by atoms with van der Waals surface area (Å²) in [5, 5.41) is 8.68. The summed E-state index contributed by atoms with van der Waals surface area (Å²) in [5.41, 5.74) is 4.12. The maximum Gasteiger partial charge on any atom is 0.323 e. The maximum atomic E-state index is 13.3. The van der Waals surface area contributed by atoms with Gasteiger partial charge in [0.15, 0.2) is 0 Å². The third kappa shape index (κ3) is 4.28. The Labute approximate surface area is 197 Å². The molecule has 170 valence electrons. The number of rotatable bonds is 5. The first-order valence-corrected chi connectivity index (χ1v) is 11.9. The van der Waals surface area contributed by atoms with E-state index in [1.54, 1.807) is 13.2 Å². The lowest BCUT2D eigenvalue weighted by molar-refractivity contribution is 0.262. The summed E-state index contributed by atoms with van der Waals surface area (Å²) in [6, 6.07) is 13.3. The normalized spacial score (nSPS) is 11.4. The highest BCUT2D eigenvalue weighted by molar-refractivity contribution is 7.13. The second-order valence-corrected chi connectivity index (χ2v) is 9.61. The predicted molar refractivity (Wildman–Crippen MR) is 138 cm³/mol. The molecular weight excluding hydrogens is 432 g/mol. The molecule has 33 heavy (non-hydrogen) atoms. The molecule has 0 fully saturated rings. The van der Waals surface area contributed by atoms with E-state index in [0.717, 1.165) is 27.1 Å². The van der Waals surface area contributed by atoms with Crippen LogP contribution in [0.2, 0.25) is 0 Å². The van der Waals surface area contributed by atoms with Crippen LogP contribution in [0.3, 0.4) is 0 Å². The quantitative estimate of drug-likeness (QED) is 0.354. The summed E-state index contributed by atoms with van der Waals surface area (Å²) < 4.78 is 1.48. The number of benzene rings is 1. The fourth-order valence-electron chi connectivity index (χ4n) is 4.11. The molecule has 0 atom stereocenters. The number of carbonyl (C=O) groups excluding carboxylic acids is 1. The zero-order valence-corrected chi connectivity index (χ0v) is 20.3. The molecule has 4 aromatic rings. The molecule has 6 nitrogen and oxygen atoms in total. The minimum atomic E-state index is -0.442. The standard InChI is InChI=1S/C26H28N4O2S/c1-15(2)17-9-6-10-18(16(3)4)22(17)28-26(32)29-23-21(20-12-8-14-33-20)19-11-7-13-27-24(19)30(5)25(23)31/h6-16H,1-5H3,(H2,28,29,32). The maximum absolute atomic E-state index is 13.3. The fourth-order valence-corrected chi connectivity index (χ4v) is 4.90. The van der Waals surface area contributed by atoms with Gasteiger partial charge in [0.1, 0.15) is 11.3 Å². The lowest BCUT2D eigenvalue weighted by Gasteiger charge is -2.21. The third-order valence-electron chi connectivity index (χ3n) is 5.76. The van der Waals surface area contributed by atoms with Crippen molar-refractivity contribution in [3.05, 3.63) is 75.5 Å². The topological polar surface area (TPSA) is 76.0 Å². The van der Waals surface area contributed by atoms with E-state index < -0.39 is 6.03 Å². The number of aryl methyl sites for hydroxylation is 1. The molecule has 1 aromatic carbocycles. The number of hydrogen-bond donors (Lipinski definition) is 2. The third-order valence-corrected chi connectivity index (χ3v) is 6.65. The van der Waals surface area contributed by atoms with Crippen molar-refractivity contribution in [1.29, 1.82) is 0 Å². The van der Waals surface area contributed by atoms with Crippen LogP contribution < -0.4 is 16.2 Å². The number of thiophene rings is 1. The van der Waals surface area contributed by atoms with Crippen LogP contribution >= 0.6 is 11.3 Å². The van der Waals surface area contributed by atoms with E-state index in [1.165, 1.54) is 15.9 Å². The molecule has 3 heterocycles. The highest BCUT2D eigenvalue weighted by Gasteiger charge is 2.21. The number of pyridine rings is 2. The molecule has 0 unspecified atom stereocenters. The number of hydrogen-bond acceptors (Lipinski definition) is 4. The van der Waals surface area contributed by atoms with Crippen molar-refractivity contribution in [2.45, 2.75) is 39.5 Å². The molecule has 0 aliphatic heterocycles. The number of fused-ring (bicyclic) bond motifs is 1. The number of carbonyl (C=O) groups is 1. The molecule has 0 aliphatic rings. The lowest BCUT2D eigenvalue weighted by atomic mass is 9.93. The van der Waals surface area contributed by atoms with E-state index in [2.05, 4.69) is 43.3 Å². The Bertz CT molecular complexity index is 1350. The van der Waals surface area contributed by atoms with E-state index in [4.69, 9.17) is 0 Å². The van der Waals surface area contributed by atoms with Crippen LogP contribution in [0.25, 0.3) is 21.5 Å². The van der Waals surface area contributed by atoms with Gasteiger partial charge in [-0.25, -0.2) is 9.78 Å². The van der Waals surface area contributed by atoms with Crippen LogP contribution in [0.4, 0.5) is 16.2 Å². The first-order chi connectivity index (χ1) is 15.8. The molecule has 7 heteroatoms. The Morgan fingerprint density at radius 2 is 1.61 bits per heavy atom. The Balaban J connectivity index is 1.82. The van der Waals surface area contributed by atoms with Crippen molar-refractivity contribution in [3.8, 4) is 10.4 Å². The largest absolute Gasteiger partial charge is 0.323 e. The van der Waals surface area contributed by atoms with E-state index in [0.29, 0.717) is 11.2 Å². The predicted octanol–water partition coefficient (Wildman–Crippen LogP) is 6.55. The Morgan fingerprint density at radius 1 is 0.939 bits per heavy atom. The van der Waals surface area contributed by atoms with Gasteiger partial charge in [-0.15, -0.1) is 11.3 Å². The van der Waals surface area contributed by atoms with Crippen molar-refractivity contribution in [2.24, 2.45) is 7.05 Å². The van der Waals surface area contributed by atoms with Gasteiger partial charge < -0.3 is 10.6 Å². The number of anilines is 2. The second kappa shape index (κ2) is 9.19. The van der Waals surface area contributed by atoms with Gasteiger partial charge >= 0.3 is 6.03 Å². The van der Waals surface area contributed by atoms with Crippen LogP contribution in [0.15, 0.2) is 58.8 Å². The van der Waals surface area contributed by atoms with Gasteiger partial charge in [0.2, 0.25) is 0 Å². The van der Waals surface area contributed by atoms with Crippen molar-refractivity contribution in [2.75, 3.05) is 10.6 Å². The van der Waals surface area contributed by atoms with E-state index in [-0.39, 0.29) is 23.1 Å². The van der Waals surface area contributed by atoms with E-state index in [1.807, 2.05) is 47.8 Å². The van der Waals surface area contributed by atoms with Gasteiger partial charge in [0.05, 0.1) is 0 Å². The summed E-state index contributed by atoms with van der Waals surface area (Å²) in [6.45, 7) is 8.40. The Morgan fingerprint density at radius 3 is 2.21 bits per heavy atom. The summed E-state index contributed by atoms with van der Waals surface area (Å²) in [5.74, 6) is 0.473. The number of aromatic nitrogens is 2. The summed E-state index contributed by atoms with van der Waals surface area (Å²) in [7, 11) is 1.67. The molecule has 2 amide bonds. The summed E-state index contributed by atoms with van der Waals surface area (Å²) >= 11 is 1.52. The molecule has 0 radical (unpaired) electrons. The molecule has 0 aliphatic carbocycles. The van der Waals surface area contributed by atoms with Gasteiger partial charge in [-0.2, -0.15) is 0 Å². The van der Waals surface area contributed by atoms with Crippen molar-refractivity contribution < 1.29 is 4.79 Å². The number of amides is 2. The monoisotopic (exact) mass is 460 g/mol. The Hall–Kier alpha value is -3.45. The van der Waals surface area contributed by atoms with Crippen LogP contribution in [0, 0.1) is 0 Å². The van der Waals surface area contributed by atoms with Crippen molar-refractivity contribution in [3.63, 3.8) is 0 Å². The number of urea groups is 1. The molecule has 3 aromatic heterocycles. The number of nitrogens with zero attached hydrogens (tertiary/aromatic N) is 2. The summed E-state index contributed by atoms with van der Waals surface area (Å²) in [4.78, 5) is 31.9. The van der Waals surface area contributed by atoms with Gasteiger partial charge in [0, 0.05) is 34.8 Å². The van der Waals surface area contributed by atoms with Gasteiger partial charge in [-0.1, -0.05) is 52.0 Å². The second-order valence-electron chi connectivity index (χ2n) is 8.67. The minimum Gasteiger partial charge on any atom is -0.307 e. The summed E-state index contributed by atoms with van der Waals surface area (Å²) in [6.07, 6.45) is 1.66. The van der Waals surface area contributed by atoms with Crippen molar-refractivity contribution in [1.82, 2.24) is 9.55 Å². The molecule has 0 saturated carbocycles. The number of nitrogens with one attached hydrogen (secondary N) is 2. The van der Waals surface area contributed by atoms with Crippen LogP contribution in [-0.4, -0.2) is 15.6 Å². The number of para-hydroxylation sites is 1. The lowest BCUT2D eigenvalue weighted by Crippen LogP contribution is -2.29. The molecule has 2 N–H and O–H groups in total. The molecule has 0 saturated heterocycles. The average molecular weight is 461 g/mol. The smallest absolute Gasteiger partial charge is 0.307 e. The minimum absolute atomic E-state index is 0.236. The fraction of sp³-hybridized carbons (Fsp3) is 0.269. The molecule has 4 rings (SSSR count). The SMILES string of the molecule is CC(C)c1cccc(C(C)C)c1NC(=O)Nc1c(-c2cccs2)c2cccnc2n(C)c1=O. The van der Waals surface area contributed by atoms with Crippen LogP contribution in [0.1, 0.15) is 50.7 Å². The average Bonchev–Trinajstić information content (AvgIpc) is 3.31. The molecule has 0 spiro atoms. The van der Waals surface area contributed by atoms with E-state index in [9.17, 15) is 9.59 Å². The molecule has 0 bridgehead atoms. The zero-order chi connectivity index (χ0) is 23.7. The Kier molecular flexibility index (Phi) is 6.33. The van der Waals surface area contributed by atoms with Crippen molar-refractivity contribution >= 4 is 39.8 Å².